The Morgan fingerprint density at radius 3 is 2.50 bits per heavy atom. The molecular weight excluding hydrogens is 228 g/mol. The molecule has 2 aromatic heterocycles. The zero-order valence-electron chi connectivity index (χ0n) is 10.3. The van der Waals surface area contributed by atoms with E-state index >= 15 is 0 Å². The van der Waals surface area contributed by atoms with Crippen LogP contribution in [-0.4, -0.2) is 20.9 Å². The second-order valence-corrected chi connectivity index (χ2v) is 4.18. The number of aromatic nitrogens is 3. The van der Waals surface area contributed by atoms with Crippen molar-refractivity contribution in [2.24, 2.45) is 5.92 Å². The predicted molar refractivity (Wildman–Crippen MR) is 68.7 cm³/mol. The fraction of sp³-hybridized carbons (Fsp3) is 0.231. The largest absolute Gasteiger partial charge is 0.323 e. The van der Waals surface area contributed by atoms with Gasteiger partial charge >= 0.3 is 0 Å². The molecule has 2 rings (SSSR count). The lowest BCUT2D eigenvalue weighted by atomic mass is 10.2. The molecule has 0 aromatic carbocycles. The van der Waals surface area contributed by atoms with E-state index in [4.69, 9.17) is 0 Å². The summed E-state index contributed by atoms with van der Waals surface area (Å²) in [4.78, 5) is 23.9. The molecule has 92 valence electrons. The van der Waals surface area contributed by atoms with E-state index in [0.29, 0.717) is 11.5 Å². The van der Waals surface area contributed by atoms with Crippen LogP contribution in [0.25, 0.3) is 11.4 Å². The Morgan fingerprint density at radius 1 is 1.22 bits per heavy atom. The first-order valence-electron chi connectivity index (χ1n) is 5.70. The highest BCUT2D eigenvalue weighted by molar-refractivity contribution is 5.91. The Bertz CT molecular complexity index is 522. The average Bonchev–Trinajstić information content (AvgIpc) is 2.40. The zero-order valence-corrected chi connectivity index (χ0v) is 10.3. The van der Waals surface area contributed by atoms with Crippen LogP contribution in [0.5, 0.6) is 0 Å². The second kappa shape index (κ2) is 5.35. The fourth-order valence-corrected chi connectivity index (χ4v) is 1.32. The SMILES string of the molecule is CC(C)C(=O)Nc1cnc(-c2cccnc2)nc1. The summed E-state index contributed by atoms with van der Waals surface area (Å²) in [5, 5.41) is 2.74. The van der Waals surface area contributed by atoms with Crippen molar-refractivity contribution in [3.05, 3.63) is 36.9 Å². The first kappa shape index (κ1) is 12.2. The third-order valence-electron chi connectivity index (χ3n) is 2.36. The number of rotatable bonds is 3. The van der Waals surface area contributed by atoms with Gasteiger partial charge in [0.15, 0.2) is 5.82 Å². The molecule has 0 saturated carbocycles. The third kappa shape index (κ3) is 2.88. The van der Waals surface area contributed by atoms with Gasteiger partial charge in [0.25, 0.3) is 0 Å². The van der Waals surface area contributed by atoms with Crippen molar-refractivity contribution >= 4 is 11.6 Å². The molecule has 0 radical (unpaired) electrons. The van der Waals surface area contributed by atoms with Gasteiger partial charge in [-0.25, -0.2) is 9.97 Å². The van der Waals surface area contributed by atoms with E-state index in [1.807, 2.05) is 26.0 Å². The summed E-state index contributed by atoms with van der Waals surface area (Å²) >= 11 is 0. The zero-order chi connectivity index (χ0) is 13.0. The lowest BCUT2D eigenvalue weighted by Crippen LogP contribution is -2.17. The summed E-state index contributed by atoms with van der Waals surface area (Å²) in [7, 11) is 0. The van der Waals surface area contributed by atoms with Crippen molar-refractivity contribution in [2.45, 2.75) is 13.8 Å². The van der Waals surface area contributed by atoms with E-state index in [9.17, 15) is 4.79 Å². The summed E-state index contributed by atoms with van der Waals surface area (Å²) in [5.41, 5.74) is 1.44. The standard InChI is InChI=1S/C13H14N4O/c1-9(2)13(18)17-11-7-15-12(16-8-11)10-4-3-5-14-6-10/h3-9H,1-2H3,(H,17,18). The fourth-order valence-electron chi connectivity index (χ4n) is 1.32. The van der Waals surface area contributed by atoms with E-state index in [2.05, 4.69) is 20.3 Å². The van der Waals surface area contributed by atoms with Crippen molar-refractivity contribution < 1.29 is 4.79 Å². The first-order chi connectivity index (χ1) is 8.66. The summed E-state index contributed by atoms with van der Waals surface area (Å²) in [6, 6.07) is 3.71. The molecule has 0 spiro atoms. The minimum Gasteiger partial charge on any atom is -0.323 e. The average molecular weight is 242 g/mol. The summed E-state index contributed by atoms with van der Waals surface area (Å²) in [6.45, 7) is 3.67. The number of nitrogens with one attached hydrogen (secondary N) is 1. The number of anilines is 1. The Balaban J connectivity index is 2.13. The van der Waals surface area contributed by atoms with Crippen molar-refractivity contribution in [3.63, 3.8) is 0 Å². The molecule has 2 aromatic rings. The molecule has 1 amide bonds. The van der Waals surface area contributed by atoms with Crippen LogP contribution in [0.15, 0.2) is 36.9 Å². The van der Waals surface area contributed by atoms with Crippen molar-refractivity contribution in [2.75, 3.05) is 5.32 Å². The minimum atomic E-state index is -0.0667. The van der Waals surface area contributed by atoms with Gasteiger partial charge in [-0.3, -0.25) is 9.78 Å². The van der Waals surface area contributed by atoms with E-state index in [1.54, 1.807) is 24.8 Å². The van der Waals surface area contributed by atoms with Crippen molar-refractivity contribution in [1.29, 1.82) is 0 Å². The van der Waals surface area contributed by atoms with Crippen LogP contribution in [0, 0.1) is 5.92 Å². The van der Waals surface area contributed by atoms with Crippen LogP contribution in [0.3, 0.4) is 0 Å². The van der Waals surface area contributed by atoms with Crippen LogP contribution in [0.2, 0.25) is 0 Å². The molecule has 0 saturated heterocycles. The van der Waals surface area contributed by atoms with Gasteiger partial charge in [0.1, 0.15) is 0 Å². The second-order valence-electron chi connectivity index (χ2n) is 4.18. The third-order valence-corrected chi connectivity index (χ3v) is 2.36. The molecule has 0 bridgehead atoms. The summed E-state index contributed by atoms with van der Waals surface area (Å²) < 4.78 is 0. The van der Waals surface area contributed by atoms with Crippen LogP contribution < -0.4 is 5.32 Å². The van der Waals surface area contributed by atoms with E-state index in [0.717, 1.165) is 5.56 Å². The molecule has 5 heteroatoms. The lowest BCUT2D eigenvalue weighted by Gasteiger charge is -2.07. The number of amides is 1. The molecule has 2 heterocycles. The van der Waals surface area contributed by atoms with Gasteiger partial charge in [0.2, 0.25) is 5.91 Å². The Labute approximate surface area is 105 Å². The van der Waals surface area contributed by atoms with Crippen LogP contribution in [-0.2, 0) is 4.79 Å². The molecule has 0 aliphatic rings. The topological polar surface area (TPSA) is 67.8 Å². The molecule has 0 aliphatic heterocycles. The maximum absolute atomic E-state index is 11.5. The summed E-state index contributed by atoms with van der Waals surface area (Å²) in [5.74, 6) is 0.473. The summed E-state index contributed by atoms with van der Waals surface area (Å²) in [6.07, 6.45) is 6.58. The quantitative estimate of drug-likeness (QED) is 0.895. The van der Waals surface area contributed by atoms with Gasteiger partial charge in [-0.05, 0) is 12.1 Å². The molecular formula is C13H14N4O. The Morgan fingerprint density at radius 2 is 1.94 bits per heavy atom. The van der Waals surface area contributed by atoms with E-state index in [-0.39, 0.29) is 11.8 Å². The maximum atomic E-state index is 11.5. The molecule has 1 N–H and O–H groups in total. The smallest absolute Gasteiger partial charge is 0.227 e. The highest BCUT2D eigenvalue weighted by atomic mass is 16.1. The van der Waals surface area contributed by atoms with Gasteiger partial charge in [0.05, 0.1) is 18.1 Å². The van der Waals surface area contributed by atoms with Crippen LogP contribution in [0.4, 0.5) is 5.69 Å². The predicted octanol–water partition coefficient (Wildman–Crippen LogP) is 2.13. The highest BCUT2D eigenvalue weighted by Gasteiger charge is 2.08. The van der Waals surface area contributed by atoms with Crippen molar-refractivity contribution in [3.8, 4) is 11.4 Å². The van der Waals surface area contributed by atoms with Gasteiger partial charge in [0, 0.05) is 23.9 Å². The lowest BCUT2D eigenvalue weighted by molar-refractivity contribution is -0.118. The molecule has 18 heavy (non-hydrogen) atoms. The number of carbonyl (C=O) groups is 1. The van der Waals surface area contributed by atoms with Gasteiger partial charge in [-0.1, -0.05) is 13.8 Å². The van der Waals surface area contributed by atoms with E-state index < -0.39 is 0 Å². The molecule has 0 aliphatic carbocycles. The Hall–Kier alpha value is -2.30. The minimum absolute atomic E-state index is 0.0484. The van der Waals surface area contributed by atoms with Gasteiger partial charge in [-0.2, -0.15) is 0 Å². The van der Waals surface area contributed by atoms with Crippen LogP contribution >= 0.6 is 0 Å². The number of pyridine rings is 1. The molecule has 0 atom stereocenters. The van der Waals surface area contributed by atoms with Gasteiger partial charge < -0.3 is 5.32 Å². The van der Waals surface area contributed by atoms with Crippen molar-refractivity contribution in [1.82, 2.24) is 15.0 Å². The monoisotopic (exact) mass is 242 g/mol. The number of hydrogen-bond acceptors (Lipinski definition) is 4. The normalized spacial score (nSPS) is 10.4. The molecule has 5 nitrogen and oxygen atoms in total. The highest BCUT2D eigenvalue weighted by Crippen LogP contribution is 2.14. The molecule has 0 fully saturated rings. The number of nitrogens with zero attached hydrogens (tertiary/aromatic N) is 3. The Kier molecular flexibility index (Phi) is 3.62. The van der Waals surface area contributed by atoms with E-state index in [1.165, 1.54) is 0 Å². The first-order valence-corrected chi connectivity index (χ1v) is 5.70. The van der Waals surface area contributed by atoms with Crippen LogP contribution in [0.1, 0.15) is 13.8 Å². The maximum Gasteiger partial charge on any atom is 0.227 e. The molecule has 0 unspecified atom stereocenters. The number of carbonyl (C=O) groups excluding carboxylic acids is 1. The van der Waals surface area contributed by atoms with Gasteiger partial charge in [-0.15, -0.1) is 0 Å². The number of hydrogen-bond donors (Lipinski definition) is 1.